The first-order valence-electron chi connectivity index (χ1n) is 7.52. The molecule has 2 aromatic heterocycles. The van der Waals surface area contributed by atoms with Crippen LogP contribution < -0.4 is 16.0 Å². The highest BCUT2D eigenvalue weighted by molar-refractivity contribution is 5.93. The molecule has 0 spiro atoms. The molecule has 1 fully saturated rings. The summed E-state index contributed by atoms with van der Waals surface area (Å²) in [4.78, 5) is 18.7. The lowest BCUT2D eigenvalue weighted by Gasteiger charge is -2.16. The number of rotatable bonds is 5. The molecule has 132 valence electrons. The van der Waals surface area contributed by atoms with Crippen LogP contribution in [0.5, 0.6) is 0 Å². The second kappa shape index (κ2) is 9.52. The molecule has 2 aromatic rings. The summed E-state index contributed by atoms with van der Waals surface area (Å²) in [5.74, 6) is 1.43. The molecule has 0 atom stereocenters. The van der Waals surface area contributed by atoms with E-state index in [2.05, 4.69) is 15.2 Å². The average molecular weight is 373 g/mol. The zero-order chi connectivity index (χ0) is 15.4. The van der Waals surface area contributed by atoms with E-state index in [-0.39, 0.29) is 37.3 Å². The molecule has 0 radical (unpaired) electrons. The summed E-state index contributed by atoms with van der Waals surface area (Å²) in [6, 6.07) is 5.67. The van der Waals surface area contributed by atoms with Gasteiger partial charge < -0.3 is 20.4 Å². The monoisotopic (exact) mass is 372 g/mol. The molecule has 6 nitrogen and oxygen atoms in total. The van der Waals surface area contributed by atoms with E-state index in [9.17, 15) is 4.79 Å². The number of nitrogens with one attached hydrogen (secondary N) is 1. The van der Waals surface area contributed by atoms with Crippen molar-refractivity contribution in [2.45, 2.75) is 25.9 Å². The number of carbonyl (C=O) groups excluding carboxylic acids is 1. The lowest BCUT2D eigenvalue weighted by molar-refractivity contribution is 0.0950. The van der Waals surface area contributed by atoms with E-state index < -0.39 is 0 Å². The molecule has 0 aromatic carbocycles. The van der Waals surface area contributed by atoms with Crippen LogP contribution in [0.2, 0.25) is 0 Å². The molecule has 1 aliphatic rings. The molecule has 0 unspecified atom stereocenters. The van der Waals surface area contributed by atoms with Crippen molar-refractivity contribution in [3.05, 3.63) is 47.5 Å². The number of hydrogen-bond donors (Lipinski definition) is 2. The van der Waals surface area contributed by atoms with E-state index in [1.165, 1.54) is 19.1 Å². The van der Waals surface area contributed by atoms with Crippen LogP contribution in [-0.2, 0) is 13.1 Å². The van der Waals surface area contributed by atoms with Crippen molar-refractivity contribution in [2.24, 2.45) is 5.73 Å². The van der Waals surface area contributed by atoms with Crippen molar-refractivity contribution in [3.8, 4) is 0 Å². The van der Waals surface area contributed by atoms with Crippen molar-refractivity contribution in [3.63, 3.8) is 0 Å². The first-order chi connectivity index (χ1) is 10.8. The van der Waals surface area contributed by atoms with Crippen LogP contribution in [0.15, 0.2) is 35.1 Å². The fourth-order valence-corrected chi connectivity index (χ4v) is 2.55. The Morgan fingerprint density at radius 3 is 2.62 bits per heavy atom. The summed E-state index contributed by atoms with van der Waals surface area (Å²) in [6.45, 7) is 2.88. The van der Waals surface area contributed by atoms with E-state index in [4.69, 9.17) is 10.2 Å². The van der Waals surface area contributed by atoms with Crippen LogP contribution in [0.1, 0.15) is 34.5 Å². The van der Waals surface area contributed by atoms with Gasteiger partial charge >= 0.3 is 0 Å². The molecular formula is C16H22Cl2N4O2. The van der Waals surface area contributed by atoms with Gasteiger partial charge in [0.1, 0.15) is 17.8 Å². The average Bonchev–Trinajstić information content (AvgIpc) is 3.24. The number of nitrogens with zero attached hydrogens (tertiary/aromatic N) is 2. The maximum absolute atomic E-state index is 12.0. The van der Waals surface area contributed by atoms with Crippen molar-refractivity contribution in [1.29, 1.82) is 0 Å². The van der Waals surface area contributed by atoms with Crippen molar-refractivity contribution >= 4 is 36.5 Å². The van der Waals surface area contributed by atoms with Crippen LogP contribution in [0.4, 0.5) is 5.82 Å². The van der Waals surface area contributed by atoms with Crippen LogP contribution >= 0.6 is 24.8 Å². The largest absolute Gasteiger partial charge is 0.467 e. The highest BCUT2D eigenvalue weighted by Crippen LogP contribution is 2.17. The SMILES string of the molecule is Cl.Cl.NCc1cc(C(=O)NCc2ccc(N3CCCC3)nc2)co1. The number of carbonyl (C=O) groups is 1. The Hall–Kier alpha value is -1.76. The Morgan fingerprint density at radius 2 is 2.04 bits per heavy atom. The quantitative estimate of drug-likeness (QED) is 0.841. The van der Waals surface area contributed by atoms with Crippen LogP contribution in [0.3, 0.4) is 0 Å². The summed E-state index contributed by atoms with van der Waals surface area (Å²) < 4.78 is 5.16. The van der Waals surface area contributed by atoms with Crippen molar-refractivity contribution in [1.82, 2.24) is 10.3 Å². The molecule has 3 N–H and O–H groups in total. The Kier molecular flexibility index (Phi) is 8.04. The zero-order valence-electron chi connectivity index (χ0n) is 13.2. The van der Waals surface area contributed by atoms with Gasteiger partial charge in [-0.1, -0.05) is 6.07 Å². The number of amides is 1. The molecule has 3 heterocycles. The van der Waals surface area contributed by atoms with Gasteiger partial charge in [-0.05, 0) is 30.5 Å². The van der Waals surface area contributed by atoms with Gasteiger partial charge in [0.05, 0.1) is 12.1 Å². The molecule has 0 aliphatic carbocycles. The maximum atomic E-state index is 12.0. The molecule has 1 saturated heterocycles. The van der Waals surface area contributed by atoms with E-state index in [1.54, 1.807) is 6.07 Å². The molecular weight excluding hydrogens is 351 g/mol. The standard InChI is InChI=1S/C16H20N4O2.2ClH/c17-8-14-7-13(11-22-14)16(21)19-10-12-3-4-15(18-9-12)20-5-1-2-6-20;;/h3-4,7,9,11H,1-2,5-6,8,10,17H2,(H,19,21);2*1H. The van der Waals surface area contributed by atoms with Crippen LogP contribution in [0, 0.1) is 0 Å². The molecule has 0 saturated carbocycles. The zero-order valence-corrected chi connectivity index (χ0v) is 14.9. The minimum absolute atomic E-state index is 0. The van der Waals surface area contributed by atoms with Gasteiger partial charge in [0, 0.05) is 25.8 Å². The molecule has 3 rings (SSSR count). The van der Waals surface area contributed by atoms with Gasteiger partial charge in [0.2, 0.25) is 0 Å². The summed E-state index contributed by atoms with van der Waals surface area (Å²) >= 11 is 0. The van der Waals surface area contributed by atoms with E-state index in [1.807, 2.05) is 18.3 Å². The lowest BCUT2D eigenvalue weighted by atomic mass is 10.2. The predicted molar refractivity (Wildman–Crippen MR) is 97.9 cm³/mol. The Balaban J connectivity index is 0.00000144. The Morgan fingerprint density at radius 1 is 1.29 bits per heavy atom. The summed E-state index contributed by atoms with van der Waals surface area (Å²) in [5, 5.41) is 2.85. The molecule has 0 bridgehead atoms. The fourth-order valence-electron chi connectivity index (χ4n) is 2.55. The van der Waals surface area contributed by atoms with Crippen molar-refractivity contribution < 1.29 is 9.21 Å². The fraction of sp³-hybridized carbons (Fsp3) is 0.375. The maximum Gasteiger partial charge on any atom is 0.254 e. The van der Waals surface area contributed by atoms with Crippen molar-refractivity contribution in [2.75, 3.05) is 18.0 Å². The number of aromatic nitrogens is 1. The van der Waals surface area contributed by atoms with Crippen LogP contribution in [-0.4, -0.2) is 24.0 Å². The Bertz CT molecular complexity index is 640. The van der Waals surface area contributed by atoms with Gasteiger partial charge in [-0.2, -0.15) is 0 Å². The first-order valence-corrected chi connectivity index (χ1v) is 7.52. The van der Waals surface area contributed by atoms with Gasteiger partial charge in [0.15, 0.2) is 0 Å². The highest BCUT2D eigenvalue weighted by Gasteiger charge is 2.13. The van der Waals surface area contributed by atoms with Gasteiger partial charge in [-0.25, -0.2) is 4.98 Å². The minimum Gasteiger partial charge on any atom is -0.467 e. The number of nitrogens with two attached hydrogens (primary N) is 1. The normalized spacial score (nSPS) is 13.1. The predicted octanol–water partition coefficient (Wildman–Crippen LogP) is 2.51. The molecule has 1 aliphatic heterocycles. The summed E-state index contributed by atoms with van der Waals surface area (Å²) in [5.41, 5.74) is 6.92. The third-order valence-corrected chi connectivity index (χ3v) is 3.81. The number of anilines is 1. The number of hydrogen-bond acceptors (Lipinski definition) is 5. The van der Waals surface area contributed by atoms with E-state index in [0.29, 0.717) is 17.9 Å². The van der Waals surface area contributed by atoms with E-state index >= 15 is 0 Å². The second-order valence-corrected chi connectivity index (χ2v) is 5.41. The minimum atomic E-state index is -0.174. The summed E-state index contributed by atoms with van der Waals surface area (Å²) in [7, 11) is 0. The van der Waals surface area contributed by atoms with E-state index in [0.717, 1.165) is 24.5 Å². The third kappa shape index (κ3) is 4.87. The van der Waals surface area contributed by atoms with Crippen LogP contribution in [0.25, 0.3) is 0 Å². The second-order valence-electron chi connectivity index (χ2n) is 5.41. The topological polar surface area (TPSA) is 84.4 Å². The van der Waals surface area contributed by atoms with Gasteiger partial charge in [0.25, 0.3) is 5.91 Å². The third-order valence-electron chi connectivity index (χ3n) is 3.81. The number of pyridine rings is 1. The Labute approximate surface area is 153 Å². The highest BCUT2D eigenvalue weighted by atomic mass is 35.5. The molecule has 8 heteroatoms. The summed E-state index contributed by atoms with van der Waals surface area (Å²) in [6.07, 6.45) is 5.70. The lowest BCUT2D eigenvalue weighted by Crippen LogP contribution is -2.23. The number of halogens is 2. The first kappa shape index (κ1) is 20.3. The number of furan rings is 1. The smallest absolute Gasteiger partial charge is 0.254 e. The van der Waals surface area contributed by atoms with Gasteiger partial charge in [-0.15, -0.1) is 24.8 Å². The van der Waals surface area contributed by atoms with Gasteiger partial charge in [-0.3, -0.25) is 4.79 Å². The molecule has 24 heavy (non-hydrogen) atoms. The molecule has 1 amide bonds.